The van der Waals surface area contributed by atoms with Crippen LogP contribution in [0.4, 0.5) is 0 Å². The van der Waals surface area contributed by atoms with E-state index in [1.165, 1.54) is 18.4 Å². The van der Waals surface area contributed by atoms with Gasteiger partial charge in [-0.05, 0) is 49.5 Å². The standard InChI is InChI=1S/C18H29NO/c1-15(2)17-8-11-18(14-19,12-9-17)20-13-10-16-6-4-3-5-7-16/h3-7,15,17H,8-14,19H2,1-2H3. The predicted molar refractivity (Wildman–Crippen MR) is 84.7 cm³/mol. The van der Waals surface area contributed by atoms with Crippen LogP contribution in [0, 0.1) is 11.8 Å². The maximum atomic E-state index is 6.23. The summed E-state index contributed by atoms with van der Waals surface area (Å²) < 4.78 is 6.23. The quantitative estimate of drug-likeness (QED) is 0.857. The second-order valence-electron chi connectivity index (χ2n) is 6.55. The highest BCUT2D eigenvalue weighted by atomic mass is 16.5. The number of nitrogens with two attached hydrogens (primary N) is 1. The molecule has 0 amide bonds. The summed E-state index contributed by atoms with van der Waals surface area (Å²) in [4.78, 5) is 0. The molecule has 1 aromatic rings. The average molecular weight is 275 g/mol. The zero-order valence-electron chi connectivity index (χ0n) is 13.0. The zero-order chi connectivity index (χ0) is 14.4. The van der Waals surface area contributed by atoms with E-state index in [9.17, 15) is 0 Å². The van der Waals surface area contributed by atoms with Crippen LogP contribution in [0.25, 0.3) is 0 Å². The number of hydrogen-bond acceptors (Lipinski definition) is 2. The van der Waals surface area contributed by atoms with Crippen molar-refractivity contribution in [3.8, 4) is 0 Å². The van der Waals surface area contributed by atoms with Gasteiger partial charge in [0.2, 0.25) is 0 Å². The van der Waals surface area contributed by atoms with Gasteiger partial charge in [0.15, 0.2) is 0 Å². The van der Waals surface area contributed by atoms with Gasteiger partial charge in [0.05, 0.1) is 12.2 Å². The normalized spacial score (nSPS) is 26.9. The van der Waals surface area contributed by atoms with Crippen LogP contribution in [0.1, 0.15) is 45.1 Å². The van der Waals surface area contributed by atoms with E-state index in [0.29, 0.717) is 6.54 Å². The lowest BCUT2D eigenvalue weighted by Crippen LogP contribution is -2.45. The Morgan fingerprint density at radius 1 is 1.20 bits per heavy atom. The van der Waals surface area contributed by atoms with E-state index >= 15 is 0 Å². The van der Waals surface area contributed by atoms with Gasteiger partial charge < -0.3 is 10.5 Å². The van der Waals surface area contributed by atoms with Crippen LogP contribution < -0.4 is 5.73 Å². The second-order valence-corrected chi connectivity index (χ2v) is 6.55. The molecule has 1 aliphatic rings. The van der Waals surface area contributed by atoms with Crippen LogP contribution in [0.15, 0.2) is 30.3 Å². The minimum absolute atomic E-state index is 0.0554. The summed E-state index contributed by atoms with van der Waals surface area (Å²) in [7, 11) is 0. The van der Waals surface area contributed by atoms with E-state index in [1.807, 2.05) is 0 Å². The van der Waals surface area contributed by atoms with Crippen molar-refractivity contribution in [2.75, 3.05) is 13.2 Å². The van der Waals surface area contributed by atoms with Crippen LogP contribution in [0.5, 0.6) is 0 Å². The van der Waals surface area contributed by atoms with Crippen molar-refractivity contribution in [2.24, 2.45) is 17.6 Å². The first-order valence-corrected chi connectivity index (χ1v) is 8.03. The van der Waals surface area contributed by atoms with E-state index in [-0.39, 0.29) is 5.60 Å². The molecule has 1 fully saturated rings. The lowest BCUT2D eigenvalue weighted by atomic mass is 9.74. The Morgan fingerprint density at radius 2 is 1.85 bits per heavy atom. The molecule has 0 bridgehead atoms. The average Bonchev–Trinajstić information content (AvgIpc) is 2.49. The smallest absolute Gasteiger partial charge is 0.0804 e. The van der Waals surface area contributed by atoms with Gasteiger partial charge in [0.25, 0.3) is 0 Å². The summed E-state index contributed by atoms with van der Waals surface area (Å²) >= 11 is 0. The molecule has 1 aromatic carbocycles. The number of rotatable bonds is 6. The Balaban J connectivity index is 1.81. The highest BCUT2D eigenvalue weighted by Crippen LogP contribution is 2.37. The Hall–Kier alpha value is -0.860. The summed E-state index contributed by atoms with van der Waals surface area (Å²) in [5.41, 5.74) is 7.30. The summed E-state index contributed by atoms with van der Waals surface area (Å²) in [5.74, 6) is 1.64. The third-order valence-electron chi connectivity index (χ3n) is 4.90. The van der Waals surface area contributed by atoms with Crippen LogP contribution in [0.2, 0.25) is 0 Å². The topological polar surface area (TPSA) is 35.2 Å². The Kier molecular flexibility index (Phi) is 5.62. The summed E-state index contributed by atoms with van der Waals surface area (Å²) in [6, 6.07) is 10.5. The van der Waals surface area contributed by atoms with E-state index in [1.54, 1.807) is 0 Å². The molecule has 0 unspecified atom stereocenters. The molecule has 0 radical (unpaired) electrons. The molecule has 2 nitrogen and oxygen atoms in total. The van der Waals surface area contributed by atoms with Crippen LogP contribution in [-0.2, 0) is 11.2 Å². The molecule has 112 valence electrons. The van der Waals surface area contributed by atoms with Crippen molar-refractivity contribution >= 4 is 0 Å². The van der Waals surface area contributed by atoms with Gasteiger partial charge in [-0.1, -0.05) is 44.2 Å². The third-order valence-corrected chi connectivity index (χ3v) is 4.90. The molecule has 2 heteroatoms. The van der Waals surface area contributed by atoms with Gasteiger partial charge in [-0.2, -0.15) is 0 Å². The lowest BCUT2D eigenvalue weighted by molar-refractivity contribution is -0.0733. The minimum Gasteiger partial charge on any atom is -0.373 e. The van der Waals surface area contributed by atoms with E-state index in [4.69, 9.17) is 10.5 Å². The van der Waals surface area contributed by atoms with Gasteiger partial charge in [-0.15, -0.1) is 0 Å². The number of hydrogen-bond donors (Lipinski definition) is 1. The SMILES string of the molecule is CC(C)C1CCC(CN)(OCCc2ccccc2)CC1. The first-order valence-electron chi connectivity index (χ1n) is 8.03. The van der Waals surface area contributed by atoms with Crippen LogP contribution in [-0.4, -0.2) is 18.8 Å². The van der Waals surface area contributed by atoms with E-state index < -0.39 is 0 Å². The second kappa shape index (κ2) is 7.24. The third kappa shape index (κ3) is 4.07. The molecule has 0 atom stereocenters. The Labute approximate surface area is 123 Å². The minimum atomic E-state index is -0.0554. The Bertz CT molecular complexity index is 380. The van der Waals surface area contributed by atoms with Gasteiger partial charge in [-0.3, -0.25) is 0 Å². The molecule has 2 N–H and O–H groups in total. The van der Waals surface area contributed by atoms with Crippen LogP contribution >= 0.6 is 0 Å². The molecule has 0 aromatic heterocycles. The van der Waals surface area contributed by atoms with Crippen molar-refractivity contribution in [3.05, 3.63) is 35.9 Å². The molecule has 1 saturated carbocycles. The van der Waals surface area contributed by atoms with Crippen molar-refractivity contribution in [1.29, 1.82) is 0 Å². The van der Waals surface area contributed by atoms with Gasteiger partial charge in [0.1, 0.15) is 0 Å². The summed E-state index contributed by atoms with van der Waals surface area (Å²) in [6.07, 6.45) is 5.76. The maximum Gasteiger partial charge on any atom is 0.0804 e. The first-order chi connectivity index (χ1) is 9.65. The fraction of sp³-hybridized carbons (Fsp3) is 0.667. The molecular formula is C18H29NO. The highest BCUT2D eigenvalue weighted by Gasteiger charge is 2.35. The Morgan fingerprint density at radius 3 is 2.40 bits per heavy atom. The largest absolute Gasteiger partial charge is 0.373 e. The first kappa shape index (κ1) is 15.5. The monoisotopic (exact) mass is 275 g/mol. The predicted octanol–water partition coefficient (Wildman–Crippen LogP) is 3.79. The molecule has 0 aliphatic heterocycles. The van der Waals surface area contributed by atoms with Crippen molar-refractivity contribution in [3.63, 3.8) is 0 Å². The van der Waals surface area contributed by atoms with Crippen molar-refractivity contribution in [1.82, 2.24) is 0 Å². The number of ether oxygens (including phenoxy) is 1. The van der Waals surface area contributed by atoms with Crippen LogP contribution in [0.3, 0.4) is 0 Å². The highest BCUT2D eigenvalue weighted by molar-refractivity contribution is 5.14. The fourth-order valence-electron chi connectivity index (χ4n) is 3.27. The molecule has 2 rings (SSSR count). The zero-order valence-corrected chi connectivity index (χ0v) is 13.0. The van der Waals surface area contributed by atoms with Gasteiger partial charge in [0, 0.05) is 6.54 Å². The molecular weight excluding hydrogens is 246 g/mol. The molecule has 0 saturated heterocycles. The molecule has 20 heavy (non-hydrogen) atoms. The van der Waals surface area contributed by atoms with Gasteiger partial charge in [-0.25, -0.2) is 0 Å². The number of benzene rings is 1. The fourth-order valence-corrected chi connectivity index (χ4v) is 3.27. The van der Waals surface area contributed by atoms with Crippen molar-refractivity contribution < 1.29 is 4.74 Å². The lowest BCUT2D eigenvalue weighted by Gasteiger charge is -2.40. The summed E-state index contributed by atoms with van der Waals surface area (Å²) in [6.45, 7) is 6.10. The molecule has 0 heterocycles. The van der Waals surface area contributed by atoms with Gasteiger partial charge >= 0.3 is 0 Å². The van der Waals surface area contributed by atoms with E-state index in [0.717, 1.165) is 37.7 Å². The van der Waals surface area contributed by atoms with Crippen molar-refractivity contribution in [2.45, 2.75) is 51.6 Å². The van der Waals surface area contributed by atoms with E-state index in [2.05, 4.69) is 44.2 Å². The maximum absolute atomic E-state index is 6.23. The molecule has 1 aliphatic carbocycles. The molecule has 0 spiro atoms. The summed E-state index contributed by atoms with van der Waals surface area (Å²) in [5, 5.41) is 0.